The lowest BCUT2D eigenvalue weighted by Gasteiger charge is -2.26. The number of carbonyl (C=O) groups excluding carboxylic acids is 2. The second-order valence-corrected chi connectivity index (χ2v) is 5.00. The average Bonchev–Trinajstić information content (AvgIpc) is 2.47. The first kappa shape index (κ1) is 13.3. The van der Waals surface area contributed by atoms with Crippen LogP contribution in [0.5, 0.6) is 0 Å². The summed E-state index contributed by atoms with van der Waals surface area (Å²) >= 11 is 0. The molecule has 4 nitrogen and oxygen atoms in total. The molecular formula is C16H13FN2O2. The lowest BCUT2D eigenvalue weighted by Crippen LogP contribution is -2.35. The predicted octanol–water partition coefficient (Wildman–Crippen LogP) is 3.03. The zero-order valence-electron chi connectivity index (χ0n) is 11.4. The highest BCUT2D eigenvalue weighted by molar-refractivity contribution is 6.09. The molecule has 1 N–H and O–H groups in total. The molecule has 106 valence electrons. The molecule has 0 bridgehead atoms. The van der Waals surface area contributed by atoms with Crippen LogP contribution in [0.1, 0.15) is 21.5 Å². The molecule has 0 fully saturated rings. The van der Waals surface area contributed by atoms with Gasteiger partial charge in [0, 0.05) is 30.4 Å². The molecule has 0 aromatic heterocycles. The van der Waals surface area contributed by atoms with Crippen molar-refractivity contribution in [2.75, 3.05) is 12.4 Å². The number of nitrogens with one attached hydrogen (secondary N) is 1. The Kier molecular flexibility index (Phi) is 3.17. The van der Waals surface area contributed by atoms with Gasteiger partial charge in [0.15, 0.2) is 5.78 Å². The summed E-state index contributed by atoms with van der Waals surface area (Å²) in [7, 11) is 1.68. The number of hydrogen-bond donors (Lipinski definition) is 1. The van der Waals surface area contributed by atoms with E-state index in [0.29, 0.717) is 23.4 Å². The quantitative estimate of drug-likeness (QED) is 0.862. The number of amides is 2. The molecule has 2 aromatic carbocycles. The van der Waals surface area contributed by atoms with Crippen molar-refractivity contribution in [3.63, 3.8) is 0 Å². The van der Waals surface area contributed by atoms with Crippen molar-refractivity contribution in [1.29, 1.82) is 0 Å². The second-order valence-electron chi connectivity index (χ2n) is 5.00. The van der Waals surface area contributed by atoms with Crippen LogP contribution in [0.3, 0.4) is 0 Å². The summed E-state index contributed by atoms with van der Waals surface area (Å²) in [5.41, 5.74) is 2.35. The number of urea groups is 1. The molecule has 0 spiro atoms. The number of ketones is 1. The van der Waals surface area contributed by atoms with E-state index in [-0.39, 0.29) is 11.8 Å². The molecular weight excluding hydrogens is 271 g/mol. The standard InChI is InChI=1S/C16H13FN2O2/c1-19-9-12-7-11(5-6-14(12)18-16(19)21)15(20)10-3-2-4-13(17)8-10/h2-8H,9H2,1H3,(H,18,21). The molecule has 1 aliphatic heterocycles. The monoisotopic (exact) mass is 284 g/mol. The van der Waals surface area contributed by atoms with E-state index in [1.807, 2.05) is 0 Å². The van der Waals surface area contributed by atoms with E-state index < -0.39 is 5.82 Å². The number of halogens is 1. The Labute approximate surface area is 121 Å². The summed E-state index contributed by atoms with van der Waals surface area (Å²) in [6, 6.07) is 10.5. The van der Waals surface area contributed by atoms with E-state index in [2.05, 4.69) is 5.32 Å². The van der Waals surface area contributed by atoms with E-state index in [1.165, 1.54) is 23.1 Å². The molecule has 0 unspecified atom stereocenters. The molecule has 0 saturated heterocycles. The normalized spacial score (nSPS) is 13.6. The van der Waals surface area contributed by atoms with Crippen LogP contribution in [-0.2, 0) is 6.54 Å². The van der Waals surface area contributed by atoms with E-state index in [1.54, 1.807) is 31.3 Å². The van der Waals surface area contributed by atoms with Gasteiger partial charge in [-0.15, -0.1) is 0 Å². The third-order valence-electron chi connectivity index (χ3n) is 3.45. The molecule has 0 atom stereocenters. The zero-order chi connectivity index (χ0) is 15.0. The van der Waals surface area contributed by atoms with Gasteiger partial charge in [-0.25, -0.2) is 9.18 Å². The van der Waals surface area contributed by atoms with Crippen LogP contribution in [0.4, 0.5) is 14.9 Å². The van der Waals surface area contributed by atoms with Crippen LogP contribution < -0.4 is 5.32 Å². The van der Waals surface area contributed by atoms with Gasteiger partial charge < -0.3 is 10.2 Å². The maximum absolute atomic E-state index is 13.2. The molecule has 0 aliphatic carbocycles. The minimum Gasteiger partial charge on any atom is -0.323 e. The van der Waals surface area contributed by atoms with Crippen molar-refractivity contribution >= 4 is 17.5 Å². The van der Waals surface area contributed by atoms with Crippen molar-refractivity contribution < 1.29 is 14.0 Å². The highest BCUT2D eigenvalue weighted by Gasteiger charge is 2.20. The van der Waals surface area contributed by atoms with Gasteiger partial charge in [-0.05, 0) is 35.9 Å². The topological polar surface area (TPSA) is 49.4 Å². The largest absolute Gasteiger partial charge is 0.323 e. The Balaban J connectivity index is 1.96. The van der Waals surface area contributed by atoms with Gasteiger partial charge in [0.25, 0.3) is 0 Å². The first-order valence-corrected chi connectivity index (χ1v) is 6.50. The smallest absolute Gasteiger partial charge is 0.321 e. The number of hydrogen-bond acceptors (Lipinski definition) is 2. The molecule has 1 aliphatic rings. The van der Waals surface area contributed by atoms with Gasteiger partial charge in [0.1, 0.15) is 5.82 Å². The van der Waals surface area contributed by atoms with E-state index >= 15 is 0 Å². The number of fused-ring (bicyclic) bond motifs is 1. The fourth-order valence-corrected chi connectivity index (χ4v) is 2.32. The Morgan fingerprint density at radius 1 is 1.19 bits per heavy atom. The summed E-state index contributed by atoms with van der Waals surface area (Å²) in [4.78, 5) is 25.4. The van der Waals surface area contributed by atoms with Crippen molar-refractivity contribution in [1.82, 2.24) is 4.90 Å². The van der Waals surface area contributed by atoms with E-state index in [4.69, 9.17) is 0 Å². The Morgan fingerprint density at radius 3 is 2.71 bits per heavy atom. The van der Waals surface area contributed by atoms with Crippen molar-refractivity contribution in [2.24, 2.45) is 0 Å². The average molecular weight is 284 g/mol. The number of anilines is 1. The summed E-state index contributed by atoms with van der Waals surface area (Å²) in [5, 5.41) is 2.74. The van der Waals surface area contributed by atoms with E-state index in [0.717, 1.165) is 5.56 Å². The van der Waals surface area contributed by atoms with Gasteiger partial charge in [-0.3, -0.25) is 4.79 Å². The molecule has 2 aromatic rings. The summed E-state index contributed by atoms with van der Waals surface area (Å²) in [5.74, 6) is -0.678. The molecule has 3 rings (SSSR count). The first-order chi connectivity index (χ1) is 10.0. The first-order valence-electron chi connectivity index (χ1n) is 6.50. The SMILES string of the molecule is CN1Cc2cc(C(=O)c3cccc(F)c3)ccc2NC1=O. The zero-order valence-corrected chi connectivity index (χ0v) is 11.4. The molecule has 5 heteroatoms. The fraction of sp³-hybridized carbons (Fsp3) is 0.125. The summed E-state index contributed by atoms with van der Waals surface area (Å²) < 4.78 is 13.2. The van der Waals surface area contributed by atoms with Gasteiger partial charge in [-0.2, -0.15) is 0 Å². The molecule has 2 amide bonds. The van der Waals surface area contributed by atoms with Crippen LogP contribution in [0.25, 0.3) is 0 Å². The van der Waals surface area contributed by atoms with Crippen LogP contribution in [0.2, 0.25) is 0 Å². The Bertz CT molecular complexity index is 743. The highest BCUT2D eigenvalue weighted by atomic mass is 19.1. The van der Waals surface area contributed by atoms with Crippen LogP contribution in [-0.4, -0.2) is 23.8 Å². The minimum atomic E-state index is -0.439. The number of benzene rings is 2. The van der Waals surface area contributed by atoms with Crippen LogP contribution in [0.15, 0.2) is 42.5 Å². The molecule has 0 radical (unpaired) electrons. The Morgan fingerprint density at radius 2 is 1.95 bits per heavy atom. The summed E-state index contributed by atoms with van der Waals surface area (Å²) in [6.07, 6.45) is 0. The van der Waals surface area contributed by atoms with Gasteiger partial charge in [-0.1, -0.05) is 12.1 Å². The maximum atomic E-state index is 13.2. The fourth-order valence-electron chi connectivity index (χ4n) is 2.32. The lowest BCUT2D eigenvalue weighted by atomic mass is 9.99. The van der Waals surface area contributed by atoms with Crippen molar-refractivity contribution in [3.8, 4) is 0 Å². The molecule has 0 saturated carbocycles. The Hall–Kier alpha value is -2.69. The summed E-state index contributed by atoms with van der Waals surface area (Å²) in [6.45, 7) is 0.436. The second kappa shape index (κ2) is 5.01. The number of carbonyl (C=O) groups is 2. The number of rotatable bonds is 2. The molecule has 1 heterocycles. The minimum absolute atomic E-state index is 0.174. The van der Waals surface area contributed by atoms with Crippen molar-refractivity contribution in [3.05, 3.63) is 65.0 Å². The van der Waals surface area contributed by atoms with Crippen molar-refractivity contribution in [2.45, 2.75) is 6.54 Å². The van der Waals surface area contributed by atoms with Gasteiger partial charge in [0.2, 0.25) is 0 Å². The number of nitrogens with zero attached hydrogens (tertiary/aromatic N) is 1. The lowest BCUT2D eigenvalue weighted by molar-refractivity contribution is 0.103. The predicted molar refractivity (Wildman–Crippen MR) is 76.8 cm³/mol. The third-order valence-corrected chi connectivity index (χ3v) is 3.45. The third kappa shape index (κ3) is 2.50. The van der Waals surface area contributed by atoms with Crippen LogP contribution in [0, 0.1) is 5.82 Å². The van der Waals surface area contributed by atoms with Gasteiger partial charge in [0.05, 0.1) is 0 Å². The van der Waals surface area contributed by atoms with E-state index in [9.17, 15) is 14.0 Å². The van der Waals surface area contributed by atoms with Gasteiger partial charge >= 0.3 is 6.03 Å². The maximum Gasteiger partial charge on any atom is 0.321 e. The molecule has 21 heavy (non-hydrogen) atoms. The highest BCUT2D eigenvalue weighted by Crippen LogP contribution is 2.24. The van der Waals surface area contributed by atoms with Crippen LogP contribution >= 0.6 is 0 Å².